The molecule has 0 radical (unpaired) electrons. The van der Waals surface area contributed by atoms with Gasteiger partial charge in [-0.2, -0.15) is 0 Å². The van der Waals surface area contributed by atoms with Gasteiger partial charge in [0.25, 0.3) is 0 Å². The number of anilines is 4. The van der Waals surface area contributed by atoms with Crippen molar-refractivity contribution in [3.05, 3.63) is 146 Å². The zero-order chi connectivity index (χ0) is 30.5. The molecule has 0 N–H and O–H groups in total. The number of fused-ring (bicyclic) bond motifs is 2. The van der Waals surface area contributed by atoms with Crippen LogP contribution in [0.2, 0.25) is 0 Å². The second-order valence-electron chi connectivity index (χ2n) is 13.0. The van der Waals surface area contributed by atoms with Crippen LogP contribution in [-0.2, 0) is 0 Å². The molecule has 0 aromatic heterocycles. The third kappa shape index (κ3) is 3.39. The molecule has 214 valence electrons. The first-order valence-electron chi connectivity index (χ1n) is 16.2. The van der Waals surface area contributed by atoms with Crippen molar-refractivity contribution in [3.8, 4) is 0 Å². The van der Waals surface area contributed by atoms with E-state index in [0.29, 0.717) is 0 Å². The van der Waals surface area contributed by atoms with Crippen molar-refractivity contribution in [2.45, 2.75) is 0 Å². The van der Waals surface area contributed by atoms with E-state index in [1.54, 1.807) is 0 Å². The number of para-hydroxylation sites is 2. The van der Waals surface area contributed by atoms with Crippen LogP contribution in [0.25, 0.3) is 32.3 Å². The average Bonchev–Trinajstić information content (AvgIpc) is 3.29. The lowest BCUT2D eigenvalue weighted by Crippen LogP contribution is -2.52. The fraction of sp³-hybridized carbons (Fsp3) is 0.0476. The molecule has 0 bridgehead atoms. The molecular weight excluding hydrogens is 554 g/mol. The molecular formula is C42H30B2N2. The Morgan fingerprint density at radius 3 is 1.17 bits per heavy atom. The van der Waals surface area contributed by atoms with Crippen molar-refractivity contribution in [1.29, 1.82) is 0 Å². The zero-order valence-electron chi connectivity index (χ0n) is 25.9. The van der Waals surface area contributed by atoms with Crippen LogP contribution >= 0.6 is 0 Å². The molecule has 8 aromatic carbocycles. The molecule has 0 spiro atoms. The third-order valence-corrected chi connectivity index (χ3v) is 10.7. The van der Waals surface area contributed by atoms with Crippen LogP contribution in [0.15, 0.2) is 146 Å². The lowest BCUT2D eigenvalue weighted by molar-refractivity contribution is 1.23. The highest BCUT2D eigenvalue weighted by Crippen LogP contribution is 2.45. The summed E-state index contributed by atoms with van der Waals surface area (Å²) < 4.78 is 0. The number of benzene rings is 8. The Hall–Kier alpha value is -5.47. The first-order chi connectivity index (χ1) is 22.7. The minimum Gasteiger partial charge on any atom is -0.345 e. The van der Waals surface area contributed by atoms with Gasteiger partial charge in [-0.3, -0.25) is 0 Å². The van der Waals surface area contributed by atoms with Gasteiger partial charge in [-0.1, -0.05) is 143 Å². The van der Waals surface area contributed by atoms with Crippen LogP contribution in [-0.4, -0.2) is 27.5 Å². The van der Waals surface area contributed by atoms with E-state index in [9.17, 15) is 0 Å². The van der Waals surface area contributed by atoms with Crippen LogP contribution in [0.3, 0.4) is 0 Å². The van der Waals surface area contributed by atoms with Crippen molar-refractivity contribution in [1.82, 2.24) is 0 Å². The molecule has 0 aliphatic carbocycles. The highest BCUT2D eigenvalue weighted by Gasteiger charge is 2.36. The molecule has 2 heterocycles. The van der Waals surface area contributed by atoms with E-state index in [0.717, 1.165) is 0 Å². The Bertz CT molecular complexity index is 2300. The molecule has 0 atom stereocenters. The predicted molar refractivity (Wildman–Crippen MR) is 201 cm³/mol. The molecule has 2 aliphatic heterocycles. The molecule has 0 unspecified atom stereocenters. The smallest absolute Gasteiger partial charge is 0.244 e. The third-order valence-electron chi connectivity index (χ3n) is 10.7. The largest absolute Gasteiger partial charge is 0.345 e. The first-order valence-corrected chi connectivity index (χ1v) is 16.2. The van der Waals surface area contributed by atoms with E-state index in [2.05, 4.69) is 169 Å². The van der Waals surface area contributed by atoms with Gasteiger partial charge >= 0.3 is 0 Å². The van der Waals surface area contributed by atoms with Gasteiger partial charge in [0, 0.05) is 47.6 Å². The Morgan fingerprint density at radius 1 is 0.348 bits per heavy atom. The summed E-state index contributed by atoms with van der Waals surface area (Å²) in [6.45, 7) is 0.258. The van der Waals surface area contributed by atoms with Crippen LogP contribution in [0.1, 0.15) is 0 Å². The second-order valence-corrected chi connectivity index (χ2v) is 13.0. The maximum Gasteiger partial charge on any atom is 0.244 e. The number of hydrogen-bond acceptors (Lipinski definition) is 2. The van der Waals surface area contributed by atoms with E-state index < -0.39 is 0 Å². The summed E-state index contributed by atoms with van der Waals surface area (Å²) in [4.78, 5) is 4.86. The Kier molecular flexibility index (Phi) is 5.34. The summed E-state index contributed by atoms with van der Waals surface area (Å²) in [6, 6.07) is 54.5. The molecule has 2 aliphatic rings. The Morgan fingerprint density at radius 2 is 0.739 bits per heavy atom. The molecule has 46 heavy (non-hydrogen) atoms. The minimum atomic E-state index is 0.129. The molecule has 0 fully saturated rings. The molecule has 0 amide bonds. The van der Waals surface area contributed by atoms with Crippen LogP contribution in [0, 0.1) is 0 Å². The fourth-order valence-electron chi connectivity index (χ4n) is 8.73. The lowest BCUT2D eigenvalue weighted by atomic mass is 9.36. The van der Waals surface area contributed by atoms with Gasteiger partial charge in [-0.15, -0.1) is 0 Å². The maximum absolute atomic E-state index is 2.45. The van der Waals surface area contributed by atoms with Crippen LogP contribution < -0.4 is 42.6 Å². The minimum absolute atomic E-state index is 0.129. The highest BCUT2D eigenvalue weighted by atomic mass is 15.1. The van der Waals surface area contributed by atoms with Crippen molar-refractivity contribution in [2.75, 3.05) is 23.9 Å². The van der Waals surface area contributed by atoms with Gasteiger partial charge in [0.1, 0.15) is 0 Å². The van der Waals surface area contributed by atoms with E-state index in [1.807, 2.05) is 0 Å². The monoisotopic (exact) mass is 584 g/mol. The Labute approximate surface area is 270 Å². The Balaban J connectivity index is 1.38. The molecule has 4 heteroatoms. The maximum atomic E-state index is 2.45. The predicted octanol–water partition coefficient (Wildman–Crippen LogP) is 5.78. The van der Waals surface area contributed by atoms with Gasteiger partial charge in [-0.25, -0.2) is 0 Å². The van der Waals surface area contributed by atoms with E-state index >= 15 is 0 Å². The normalized spacial score (nSPS) is 13.7. The summed E-state index contributed by atoms with van der Waals surface area (Å²) in [6.07, 6.45) is 0. The molecule has 10 rings (SSSR count). The first kappa shape index (κ1) is 25.8. The van der Waals surface area contributed by atoms with E-state index in [4.69, 9.17) is 0 Å². The standard InChI is InChI=1S/C42H30B2N2/c1-45-35-19-11-9-17-31(35)43(29-13-5-3-6-14-29)33-23-22-28-26-38-42-34(24-21-27-25-37(45)41(33)39(28)40(27)42)44(30-15-7-4-8-16-30)32-18-10-12-20-36(32)46(38)2/h3-26H,1-2H3. The van der Waals surface area contributed by atoms with Crippen LogP contribution in [0.4, 0.5) is 22.7 Å². The zero-order valence-corrected chi connectivity index (χ0v) is 25.9. The lowest BCUT2D eigenvalue weighted by Gasteiger charge is -2.26. The van der Waals surface area contributed by atoms with Gasteiger partial charge in [0.2, 0.25) is 13.4 Å². The highest BCUT2D eigenvalue weighted by molar-refractivity contribution is 6.99. The summed E-state index contributed by atoms with van der Waals surface area (Å²) >= 11 is 0. The van der Waals surface area contributed by atoms with Gasteiger partial charge in [0.15, 0.2) is 0 Å². The van der Waals surface area contributed by atoms with Crippen molar-refractivity contribution < 1.29 is 0 Å². The average molecular weight is 584 g/mol. The van der Waals surface area contributed by atoms with E-state index in [1.165, 1.54) is 87.8 Å². The van der Waals surface area contributed by atoms with Crippen molar-refractivity contribution in [3.63, 3.8) is 0 Å². The second kappa shape index (κ2) is 9.52. The van der Waals surface area contributed by atoms with Gasteiger partial charge < -0.3 is 9.80 Å². The number of rotatable bonds is 2. The number of hydrogen-bond donors (Lipinski definition) is 0. The summed E-state index contributed by atoms with van der Waals surface area (Å²) in [5, 5.41) is 8.05. The van der Waals surface area contributed by atoms with Crippen LogP contribution in [0.5, 0.6) is 0 Å². The van der Waals surface area contributed by atoms with Gasteiger partial charge in [-0.05, 0) is 56.7 Å². The SMILES string of the molecule is CN1c2ccccc2B(c2ccccc2)c2ccc3cc4c5c(ccc6cc1c2c3c65)B(c1ccccc1)c1ccccc1N4C. The summed E-state index contributed by atoms with van der Waals surface area (Å²) in [5.74, 6) is 0. The van der Waals surface area contributed by atoms with Crippen molar-refractivity contribution in [2.24, 2.45) is 0 Å². The molecule has 2 nitrogen and oxygen atoms in total. The molecule has 8 aromatic rings. The molecule has 0 saturated heterocycles. The van der Waals surface area contributed by atoms with Gasteiger partial charge in [0.05, 0.1) is 0 Å². The molecule has 0 saturated carbocycles. The quantitative estimate of drug-likeness (QED) is 0.188. The van der Waals surface area contributed by atoms with E-state index in [-0.39, 0.29) is 13.4 Å². The summed E-state index contributed by atoms with van der Waals surface area (Å²) in [5.41, 5.74) is 13.1. The van der Waals surface area contributed by atoms with Crippen molar-refractivity contribution >= 4 is 101 Å². The summed E-state index contributed by atoms with van der Waals surface area (Å²) in [7, 11) is 4.49. The fourth-order valence-corrected chi connectivity index (χ4v) is 8.73. The topological polar surface area (TPSA) is 6.48 Å². The number of nitrogens with zero attached hydrogens (tertiary/aromatic N) is 2.